The molecule has 0 saturated heterocycles. The Morgan fingerprint density at radius 1 is 1.11 bits per heavy atom. The van der Waals surface area contributed by atoms with Crippen molar-refractivity contribution in [2.24, 2.45) is 0 Å². The average molecular weight is 256 g/mol. The molecule has 96 valence electrons. The van der Waals surface area contributed by atoms with Crippen LogP contribution in [-0.2, 0) is 5.41 Å². The molecule has 0 amide bonds. The smallest absolute Gasteiger partial charge is 0.227 e. The van der Waals surface area contributed by atoms with Crippen molar-refractivity contribution in [2.75, 3.05) is 0 Å². The summed E-state index contributed by atoms with van der Waals surface area (Å²) in [5, 5.41) is 0. The van der Waals surface area contributed by atoms with E-state index in [-0.39, 0.29) is 29.0 Å². The fourth-order valence-corrected chi connectivity index (χ4v) is 2.02. The van der Waals surface area contributed by atoms with Gasteiger partial charge < -0.3 is 4.42 Å². The van der Waals surface area contributed by atoms with Crippen LogP contribution in [0.3, 0.4) is 0 Å². The molecular formula is C17H17NO. The molecule has 1 aromatic heterocycles. The monoisotopic (exact) mass is 256 g/mol. The van der Waals surface area contributed by atoms with E-state index in [2.05, 4.69) is 25.8 Å². The first-order valence-electron chi connectivity index (χ1n) is 8.60. The van der Waals surface area contributed by atoms with Gasteiger partial charge in [-0.3, -0.25) is 0 Å². The van der Waals surface area contributed by atoms with E-state index < -0.39 is 18.1 Å². The Morgan fingerprint density at radius 3 is 2.53 bits per heavy atom. The molecule has 0 N–H and O–H groups in total. The lowest BCUT2D eigenvalue weighted by Gasteiger charge is -2.18. The van der Waals surface area contributed by atoms with Gasteiger partial charge >= 0.3 is 0 Å². The van der Waals surface area contributed by atoms with Gasteiger partial charge in [0.1, 0.15) is 5.52 Å². The molecule has 3 aromatic rings. The zero-order valence-electron chi connectivity index (χ0n) is 16.1. The number of nitrogens with zero attached hydrogens (tertiary/aromatic N) is 1. The quantitative estimate of drug-likeness (QED) is 0.625. The Balaban J connectivity index is 2.34. The van der Waals surface area contributed by atoms with Crippen molar-refractivity contribution in [3.63, 3.8) is 0 Å². The van der Waals surface area contributed by atoms with Crippen LogP contribution in [0.2, 0.25) is 0 Å². The second kappa shape index (κ2) is 4.23. The molecule has 2 aromatic carbocycles. The third kappa shape index (κ3) is 2.14. The van der Waals surface area contributed by atoms with Crippen molar-refractivity contribution in [1.82, 2.24) is 4.98 Å². The number of aromatic nitrogens is 1. The lowest BCUT2D eigenvalue weighted by Crippen LogP contribution is -2.11. The second-order valence-electron chi connectivity index (χ2n) is 5.42. The highest BCUT2D eigenvalue weighted by Gasteiger charge is 2.20. The molecule has 0 atom stereocenters. The van der Waals surface area contributed by atoms with Gasteiger partial charge in [-0.15, -0.1) is 0 Å². The van der Waals surface area contributed by atoms with Crippen LogP contribution in [0.4, 0.5) is 0 Å². The van der Waals surface area contributed by atoms with Gasteiger partial charge in [0.25, 0.3) is 0 Å². The Morgan fingerprint density at radius 2 is 1.84 bits per heavy atom. The van der Waals surface area contributed by atoms with E-state index in [1.165, 1.54) is 0 Å². The highest BCUT2D eigenvalue weighted by atomic mass is 16.3. The van der Waals surface area contributed by atoms with Gasteiger partial charge in [-0.25, -0.2) is 4.98 Å². The first-order chi connectivity index (χ1) is 11.1. The molecule has 0 aliphatic carbocycles. The van der Waals surface area contributed by atoms with Gasteiger partial charge in [0.2, 0.25) is 5.89 Å². The van der Waals surface area contributed by atoms with Crippen molar-refractivity contribution in [1.29, 1.82) is 0 Å². The number of fused-ring (bicyclic) bond motifs is 1. The van der Waals surface area contributed by atoms with Crippen molar-refractivity contribution >= 4 is 11.1 Å². The van der Waals surface area contributed by atoms with Gasteiger partial charge in [0.15, 0.2) is 5.58 Å². The molecule has 0 aliphatic heterocycles. The normalized spacial score (nSPS) is 15.6. The van der Waals surface area contributed by atoms with Crippen LogP contribution in [-0.4, -0.2) is 4.98 Å². The van der Waals surface area contributed by atoms with Crippen LogP contribution < -0.4 is 0 Å². The molecule has 3 rings (SSSR count). The van der Waals surface area contributed by atoms with E-state index in [1.54, 1.807) is 6.07 Å². The van der Waals surface area contributed by atoms with E-state index in [0.29, 0.717) is 11.1 Å². The SMILES string of the molecule is [2H]c1c([2H])c([2H])c(-c2nc3c(C(C)(C)C)cccc3o2)c([2H])c1[2H]. The maximum Gasteiger partial charge on any atom is 0.227 e. The lowest BCUT2D eigenvalue weighted by molar-refractivity contribution is 0.593. The third-order valence-electron chi connectivity index (χ3n) is 2.94. The zero-order chi connectivity index (χ0) is 17.8. The number of rotatable bonds is 1. The van der Waals surface area contributed by atoms with E-state index in [1.807, 2.05) is 12.1 Å². The molecule has 0 bridgehead atoms. The molecule has 0 unspecified atom stereocenters. The second-order valence-corrected chi connectivity index (χ2v) is 5.42. The third-order valence-corrected chi connectivity index (χ3v) is 2.94. The number of para-hydroxylation sites is 1. The van der Waals surface area contributed by atoms with Crippen LogP contribution in [0.1, 0.15) is 33.2 Å². The van der Waals surface area contributed by atoms with Gasteiger partial charge in [-0.05, 0) is 29.1 Å². The fraction of sp³-hybridized carbons (Fsp3) is 0.235. The zero-order valence-corrected chi connectivity index (χ0v) is 11.1. The topological polar surface area (TPSA) is 26.0 Å². The minimum absolute atomic E-state index is 0.0166. The average Bonchev–Trinajstić information content (AvgIpc) is 2.93. The summed E-state index contributed by atoms with van der Waals surface area (Å²) in [5.41, 5.74) is 1.98. The van der Waals surface area contributed by atoms with E-state index >= 15 is 0 Å². The number of oxazole rings is 1. The van der Waals surface area contributed by atoms with Crippen molar-refractivity contribution in [3.05, 3.63) is 54.0 Å². The fourth-order valence-electron chi connectivity index (χ4n) is 2.02. The van der Waals surface area contributed by atoms with Crippen LogP contribution in [0.25, 0.3) is 22.6 Å². The summed E-state index contributed by atoms with van der Waals surface area (Å²) in [7, 11) is 0. The minimum Gasteiger partial charge on any atom is -0.436 e. The summed E-state index contributed by atoms with van der Waals surface area (Å²) >= 11 is 0. The van der Waals surface area contributed by atoms with Crippen molar-refractivity contribution in [2.45, 2.75) is 26.2 Å². The summed E-state index contributed by atoms with van der Waals surface area (Å²) in [6, 6.07) is 3.72. The van der Waals surface area contributed by atoms with Crippen molar-refractivity contribution < 1.29 is 11.3 Å². The maximum absolute atomic E-state index is 8.05. The van der Waals surface area contributed by atoms with Gasteiger partial charge in [-0.1, -0.05) is 51.0 Å². The Kier molecular flexibility index (Phi) is 1.67. The Labute approximate surface area is 120 Å². The summed E-state index contributed by atoms with van der Waals surface area (Å²) in [4.78, 5) is 4.45. The standard InChI is InChI=1S/C17H17NO/c1-17(2,3)13-10-7-11-14-15(13)18-16(19-14)12-8-5-4-6-9-12/h4-11H,1-3H3/i4D,5D,6D,8D,9D. The highest BCUT2D eigenvalue weighted by Crippen LogP contribution is 2.32. The van der Waals surface area contributed by atoms with Crippen molar-refractivity contribution in [3.8, 4) is 11.5 Å². The minimum atomic E-state index is -0.430. The molecule has 2 nitrogen and oxygen atoms in total. The molecule has 0 spiro atoms. The molecular weight excluding hydrogens is 234 g/mol. The molecule has 0 radical (unpaired) electrons. The number of hydrogen-bond acceptors (Lipinski definition) is 2. The largest absolute Gasteiger partial charge is 0.436 e. The predicted molar refractivity (Wildman–Crippen MR) is 78.1 cm³/mol. The highest BCUT2D eigenvalue weighted by molar-refractivity contribution is 5.80. The molecule has 2 heteroatoms. The van der Waals surface area contributed by atoms with E-state index in [9.17, 15) is 0 Å². The summed E-state index contributed by atoms with van der Waals surface area (Å²) in [5.74, 6) is 0.0405. The molecule has 0 aliphatic rings. The summed E-state index contributed by atoms with van der Waals surface area (Å²) in [6.07, 6.45) is 0. The summed E-state index contributed by atoms with van der Waals surface area (Å²) in [6.45, 7) is 6.17. The number of hydrogen-bond donors (Lipinski definition) is 0. The molecule has 0 saturated carbocycles. The van der Waals surface area contributed by atoms with Crippen LogP contribution >= 0.6 is 0 Å². The first-order valence-corrected chi connectivity index (χ1v) is 6.10. The van der Waals surface area contributed by atoms with Gasteiger partial charge in [0.05, 0.1) is 6.85 Å². The number of benzene rings is 2. The van der Waals surface area contributed by atoms with Gasteiger partial charge in [-0.2, -0.15) is 0 Å². The van der Waals surface area contributed by atoms with Crippen LogP contribution in [0.15, 0.2) is 52.8 Å². The maximum atomic E-state index is 8.05. The van der Waals surface area contributed by atoms with Crippen LogP contribution in [0.5, 0.6) is 0 Å². The lowest BCUT2D eigenvalue weighted by atomic mass is 9.86. The van der Waals surface area contributed by atoms with Gasteiger partial charge in [0, 0.05) is 5.56 Å². The summed E-state index contributed by atoms with van der Waals surface area (Å²) < 4.78 is 45.1. The molecule has 0 fully saturated rings. The van der Waals surface area contributed by atoms with Crippen LogP contribution in [0, 0.1) is 0 Å². The molecule has 1 heterocycles. The van der Waals surface area contributed by atoms with E-state index in [4.69, 9.17) is 11.3 Å². The molecule has 19 heavy (non-hydrogen) atoms. The first kappa shape index (κ1) is 7.49. The van der Waals surface area contributed by atoms with E-state index in [0.717, 1.165) is 5.56 Å². The predicted octanol–water partition coefficient (Wildman–Crippen LogP) is 4.79. The Bertz CT molecular complexity index is 927. The Hall–Kier alpha value is -2.09.